The highest BCUT2D eigenvalue weighted by Gasteiger charge is 2.75. The average Bonchev–Trinajstić information content (AvgIpc) is 3.62. The van der Waals surface area contributed by atoms with Gasteiger partial charge in [-0.2, -0.15) is 0 Å². The number of aliphatic hydroxyl groups is 1. The molecule has 0 aromatic heterocycles. The highest BCUT2D eigenvalue weighted by molar-refractivity contribution is 9.11. The Kier molecular flexibility index (Phi) is 11.0. The van der Waals surface area contributed by atoms with Crippen molar-refractivity contribution in [1.82, 2.24) is 15.1 Å². The Bertz CT molecular complexity index is 1350. The van der Waals surface area contributed by atoms with Gasteiger partial charge in [-0.3, -0.25) is 19.2 Å². The molecular weight excluding hydrogens is 658 g/mol. The zero-order valence-electron chi connectivity index (χ0n) is 26.6. The second-order valence-corrected chi connectivity index (χ2v) is 13.6. The van der Waals surface area contributed by atoms with Crippen LogP contribution in [0.25, 0.3) is 0 Å². The number of nitrogens with one attached hydrogen (secondary N) is 1. The molecule has 2 N–H and O–H groups in total. The molecule has 4 aliphatic heterocycles. The van der Waals surface area contributed by atoms with Gasteiger partial charge in [0.05, 0.1) is 18.6 Å². The molecule has 5 bridgehead atoms. The third kappa shape index (κ3) is 6.54. The molecule has 2 saturated heterocycles. The van der Waals surface area contributed by atoms with E-state index >= 15 is 0 Å². The summed E-state index contributed by atoms with van der Waals surface area (Å²) in [5.41, 5.74) is -0.709. The number of nitrogens with zero attached hydrogens (tertiary/aromatic N) is 2. The van der Waals surface area contributed by atoms with Crippen LogP contribution in [0.4, 0.5) is 0 Å². The minimum Gasteiger partial charge on any atom is -0.455 e. The number of halogens is 1. The quantitative estimate of drug-likeness (QED) is 0.228. The number of amides is 3. The molecule has 0 saturated carbocycles. The van der Waals surface area contributed by atoms with Crippen molar-refractivity contribution in [2.24, 2.45) is 11.8 Å². The van der Waals surface area contributed by atoms with Gasteiger partial charge in [-0.1, -0.05) is 58.4 Å². The first-order valence-electron chi connectivity index (χ1n) is 16.1. The van der Waals surface area contributed by atoms with Crippen molar-refractivity contribution in [3.63, 3.8) is 0 Å². The topological polar surface area (TPSA) is 135 Å². The molecule has 1 aromatic rings. The van der Waals surface area contributed by atoms with Crippen molar-refractivity contribution in [1.29, 1.82) is 0 Å². The van der Waals surface area contributed by atoms with E-state index in [1.54, 1.807) is 15.9 Å². The van der Waals surface area contributed by atoms with Gasteiger partial charge in [0.1, 0.15) is 29.8 Å². The lowest BCUT2D eigenvalue weighted by atomic mass is 9.74. The number of methoxy groups -OCH3 is 1. The third-order valence-corrected chi connectivity index (χ3v) is 10.0. The zero-order chi connectivity index (χ0) is 33.0. The van der Waals surface area contributed by atoms with Crippen LogP contribution in [-0.4, -0.2) is 102 Å². The van der Waals surface area contributed by atoms with Gasteiger partial charge < -0.3 is 34.4 Å². The number of carbonyl (C=O) groups excluding carboxylic acids is 4. The molecule has 4 heterocycles. The first kappa shape index (κ1) is 34.3. The SMILES string of the molecule is COC[C@@H]1NC(=O)CC/C=C\CN(C(C)C)C(=O)[C@H]2N(CCCCCO)C(=O)[C@@H]3[C@@H](C(=O)O[C@H]1c1ccccc1)[C@@H]1O[C@@]32C=C1Br. The molecule has 250 valence electrons. The Balaban J connectivity index is 1.60. The lowest BCUT2D eigenvalue weighted by Crippen LogP contribution is -2.57. The van der Waals surface area contributed by atoms with Crippen LogP contribution in [0.15, 0.2) is 53.0 Å². The van der Waals surface area contributed by atoms with Crippen LogP contribution < -0.4 is 5.32 Å². The molecule has 46 heavy (non-hydrogen) atoms. The standard InChI is InChI=1S/C34H44BrN3O8/c1-21(2)37-16-10-5-9-15-25(40)36-24(20-44-3)28(22-13-7-4-8-14-22)45-33(43)26-27-31(41)38(17-11-6-12-18-39)30(32(37)42)34(27)19-23(35)29(26)46-34/h4-5,7-8,10,13-14,19,21,24,26-30,39H,6,9,11-12,15-18,20H2,1-3H3,(H,36,40)/b10-5-/t24-,26+,27-,28-,29+,30+,34-/m0/s1. The first-order chi connectivity index (χ1) is 22.1. The Hall–Kier alpha value is -3.06. The van der Waals surface area contributed by atoms with Gasteiger partial charge >= 0.3 is 5.97 Å². The molecule has 2 fully saturated rings. The van der Waals surface area contributed by atoms with E-state index in [2.05, 4.69) is 21.2 Å². The Morgan fingerprint density at radius 1 is 1.07 bits per heavy atom. The number of allylic oxidation sites excluding steroid dienone is 1. The molecular formula is C34H44BrN3O8. The Morgan fingerprint density at radius 2 is 1.83 bits per heavy atom. The van der Waals surface area contributed by atoms with Gasteiger partial charge in [-0.15, -0.1) is 0 Å². The van der Waals surface area contributed by atoms with Crippen molar-refractivity contribution in [2.75, 3.05) is 33.4 Å². The highest BCUT2D eigenvalue weighted by atomic mass is 79.9. The van der Waals surface area contributed by atoms with E-state index in [1.165, 1.54) is 7.11 Å². The van der Waals surface area contributed by atoms with Crippen LogP contribution in [0.2, 0.25) is 0 Å². The van der Waals surface area contributed by atoms with E-state index in [1.807, 2.05) is 56.3 Å². The monoisotopic (exact) mass is 701 g/mol. The maximum Gasteiger partial charge on any atom is 0.313 e. The number of hydrogen-bond acceptors (Lipinski definition) is 8. The van der Waals surface area contributed by atoms with Gasteiger partial charge in [0, 0.05) is 43.8 Å². The first-order valence-corrected chi connectivity index (χ1v) is 16.9. The van der Waals surface area contributed by atoms with Crippen molar-refractivity contribution < 1.29 is 38.5 Å². The van der Waals surface area contributed by atoms with Crippen molar-refractivity contribution in [3.05, 3.63) is 58.6 Å². The molecule has 12 heteroatoms. The van der Waals surface area contributed by atoms with Crippen molar-refractivity contribution in [2.45, 2.75) is 81.9 Å². The largest absolute Gasteiger partial charge is 0.455 e. The predicted octanol–water partition coefficient (Wildman–Crippen LogP) is 3.02. The summed E-state index contributed by atoms with van der Waals surface area (Å²) in [6.45, 7) is 4.51. The number of fused-ring (bicyclic) bond motifs is 2. The Labute approximate surface area is 278 Å². The number of ether oxygens (including phenoxy) is 3. The van der Waals surface area contributed by atoms with E-state index in [-0.39, 0.29) is 56.5 Å². The fourth-order valence-corrected chi connectivity index (χ4v) is 7.94. The summed E-state index contributed by atoms with van der Waals surface area (Å²) in [5.74, 6) is -3.50. The maximum atomic E-state index is 14.5. The van der Waals surface area contributed by atoms with E-state index in [0.717, 1.165) is 0 Å². The molecule has 7 atom stereocenters. The minimum atomic E-state index is -1.37. The van der Waals surface area contributed by atoms with E-state index in [0.29, 0.717) is 35.7 Å². The van der Waals surface area contributed by atoms with Crippen molar-refractivity contribution >= 4 is 39.6 Å². The number of unbranched alkanes of at least 4 members (excludes halogenated alkanes) is 2. The van der Waals surface area contributed by atoms with Gasteiger partial charge in [0.25, 0.3) is 0 Å². The Morgan fingerprint density at radius 3 is 2.52 bits per heavy atom. The highest BCUT2D eigenvalue weighted by Crippen LogP contribution is 2.59. The molecule has 0 radical (unpaired) electrons. The summed E-state index contributed by atoms with van der Waals surface area (Å²) in [6, 6.07) is 7.23. The van der Waals surface area contributed by atoms with Crippen LogP contribution in [0.1, 0.15) is 57.6 Å². The number of benzene rings is 1. The van der Waals surface area contributed by atoms with E-state index in [4.69, 9.17) is 14.2 Å². The molecule has 1 aromatic carbocycles. The fraction of sp³-hybridized carbons (Fsp3) is 0.588. The molecule has 3 amide bonds. The normalized spacial score (nSPS) is 32.4. The van der Waals surface area contributed by atoms with Crippen LogP contribution >= 0.6 is 15.9 Å². The number of likely N-dealkylation sites (tertiary alicyclic amines) is 1. The summed E-state index contributed by atoms with van der Waals surface area (Å²) >= 11 is 3.60. The number of hydrogen-bond donors (Lipinski definition) is 2. The molecule has 5 rings (SSSR count). The molecule has 4 aliphatic rings. The lowest BCUT2D eigenvalue weighted by molar-refractivity contribution is -0.162. The van der Waals surface area contributed by atoms with Crippen molar-refractivity contribution in [3.8, 4) is 0 Å². The van der Waals surface area contributed by atoms with E-state index < -0.39 is 47.7 Å². The van der Waals surface area contributed by atoms with Gasteiger partial charge in [-0.05, 0) is 51.2 Å². The summed E-state index contributed by atoms with van der Waals surface area (Å²) in [5, 5.41) is 12.3. The molecule has 1 spiro atoms. The summed E-state index contributed by atoms with van der Waals surface area (Å²) < 4.78 is 18.9. The number of rotatable bonds is 9. The minimum absolute atomic E-state index is 0.0395. The lowest BCUT2D eigenvalue weighted by Gasteiger charge is -2.37. The second-order valence-electron chi connectivity index (χ2n) is 12.6. The molecule has 0 aliphatic carbocycles. The smallest absolute Gasteiger partial charge is 0.313 e. The zero-order valence-corrected chi connectivity index (χ0v) is 28.2. The van der Waals surface area contributed by atoms with Crippen LogP contribution in [-0.2, 0) is 33.4 Å². The molecule has 11 nitrogen and oxygen atoms in total. The third-order valence-electron chi connectivity index (χ3n) is 9.33. The predicted molar refractivity (Wildman–Crippen MR) is 172 cm³/mol. The van der Waals surface area contributed by atoms with Crippen LogP contribution in [0.5, 0.6) is 0 Å². The van der Waals surface area contributed by atoms with E-state index in [9.17, 15) is 24.3 Å². The summed E-state index contributed by atoms with van der Waals surface area (Å²) in [4.78, 5) is 59.7. The summed E-state index contributed by atoms with van der Waals surface area (Å²) in [6.07, 6.45) is 6.28. The summed E-state index contributed by atoms with van der Waals surface area (Å²) in [7, 11) is 1.51. The second kappa shape index (κ2) is 14.8. The maximum absolute atomic E-state index is 14.5. The number of aliphatic hydroxyl groups excluding tert-OH is 1. The number of cyclic esters (lactones) is 1. The number of carbonyl (C=O) groups is 4. The fourth-order valence-electron chi connectivity index (χ4n) is 7.20. The van der Waals surface area contributed by atoms with Crippen LogP contribution in [0.3, 0.4) is 0 Å². The number of esters is 1. The molecule has 0 unspecified atom stereocenters. The van der Waals surface area contributed by atoms with Gasteiger partial charge in [0.15, 0.2) is 0 Å². The van der Waals surface area contributed by atoms with Gasteiger partial charge in [-0.25, -0.2) is 0 Å². The van der Waals surface area contributed by atoms with Crippen LogP contribution in [0, 0.1) is 11.8 Å². The van der Waals surface area contributed by atoms with Gasteiger partial charge in [0.2, 0.25) is 17.7 Å². The average molecular weight is 703 g/mol.